The fraction of sp³-hybridized carbons (Fsp3) is 1.00. The molecule has 0 bridgehead atoms. The second kappa shape index (κ2) is 7.50. The van der Waals surface area contributed by atoms with Crippen LogP contribution in [0.4, 0.5) is 0 Å². The van der Waals surface area contributed by atoms with Crippen LogP contribution < -0.4 is 5.40 Å². The third-order valence-electron chi connectivity index (χ3n) is 1.70. The van der Waals surface area contributed by atoms with E-state index in [1.165, 1.54) is 0 Å². The number of rotatable bonds is 8. The lowest BCUT2D eigenvalue weighted by molar-refractivity contribution is 0.168. The molecule has 13 heavy (non-hydrogen) atoms. The zero-order valence-electron chi connectivity index (χ0n) is 9.14. The van der Waals surface area contributed by atoms with Gasteiger partial charge in [-0.05, 0) is 12.8 Å². The van der Waals surface area contributed by atoms with Crippen LogP contribution in [0.5, 0.6) is 0 Å². The molecule has 2 N–H and O–H groups in total. The molecule has 0 fully saturated rings. The highest BCUT2D eigenvalue weighted by Crippen LogP contribution is 2.10. The summed E-state index contributed by atoms with van der Waals surface area (Å²) in [6.07, 6.45) is 3.05. The molecule has 0 radical (unpaired) electrons. The van der Waals surface area contributed by atoms with Crippen molar-refractivity contribution in [2.75, 3.05) is 13.2 Å². The van der Waals surface area contributed by atoms with E-state index >= 15 is 0 Å². The Hall–Kier alpha value is 0.0969. The first-order valence-corrected chi connectivity index (χ1v) is 7.35. The Labute approximate surface area is 82.9 Å². The normalized spacial score (nSPS) is 12.0. The standard InChI is InChI=1S/C9H23NO2Si/c1-4-7-11-13(10,9-6-3)12-8-5-2/h4-10H2,1-3H3. The number of hydrogen-bond donors (Lipinski definition) is 1. The maximum absolute atomic E-state index is 6.08. The van der Waals surface area contributed by atoms with E-state index < -0.39 is 8.72 Å². The Morgan fingerprint density at radius 3 is 1.69 bits per heavy atom. The maximum atomic E-state index is 6.08. The molecule has 0 heterocycles. The largest absolute Gasteiger partial charge is 0.422 e. The first-order chi connectivity index (χ1) is 6.18. The average molecular weight is 205 g/mol. The third-order valence-corrected chi connectivity index (χ3v) is 4.28. The van der Waals surface area contributed by atoms with Crippen molar-refractivity contribution in [1.29, 1.82) is 0 Å². The average Bonchev–Trinajstić information content (AvgIpc) is 2.12. The molecular weight excluding hydrogens is 182 g/mol. The molecule has 0 aliphatic carbocycles. The Balaban J connectivity index is 3.84. The summed E-state index contributed by atoms with van der Waals surface area (Å²) in [7, 11) is -2.29. The quantitative estimate of drug-likeness (QED) is 0.618. The molecule has 0 spiro atoms. The molecule has 0 aromatic heterocycles. The van der Waals surface area contributed by atoms with Gasteiger partial charge in [0.1, 0.15) is 0 Å². The van der Waals surface area contributed by atoms with Crippen molar-refractivity contribution in [3.63, 3.8) is 0 Å². The predicted octanol–water partition coefficient (Wildman–Crippen LogP) is 2.15. The second-order valence-electron chi connectivity index (χ2n) is 3.26. The second-order valence-corrected chi connectivity index (χ2v) is 5.96. The van der Waals surface area contributed by atoms with E-state index in [0.29, 0.717) is 0 Å². The van der Waals surface area contributed by atoms with Crippen molar-refractivity contribution in [1.82, 2.24) is 0 Å². The van der Waals surface area contributed by atoms with Gasteiger partial charge in [-0.25, -0.2) is 0 Å². The lowest BCUT2D eigenvalue weighted by Gasteiger charge is -2.25. The Kier molecular flexibility index (Phi) is 7.55. The zero-order valence-corrected chi connectivity index (χ0v) is 10.1. The van der Waals surface area contributed by atoms with Gasteiger partial charge in [-0.1, -0.05) is 27.2 Å². The van der Waals surface area contributed by atoms with E-state index in [-0.39, 0.29) is 0 Å². The maximum Gasteiger partial charge on any atom is 0.422 e. The van der Waals surface area contributed by atoms with Gasteiger partial charge in [0, 0.05) is 19.3 Å². The number of nitrogens with two attached hydrogens (primary N) is 1. The van der Waals surface area contributed by atoms with Gasteiger partial charge in [0.15, 0.2) is 0 Å². The molecule has 0 aliphatic heterocycles. The summed E-state index contributed by atoms with van der Waals surface area (Å²) in [6, 6.07) is 0.896. The van der Waals surface area contributed by atoms with Gasteiger partial charge < -0.3 is 14.3 Å². The van der Waals surface area contributed by atoms with Crippen LogP contribution in [0, 0.1) is 0 Å². The van der Waals surface area contributed by atoms with E-state index in [2.05, 4.69) is 20.8 Å². The van der Waals surface area contributed by atoms with Gasteiger partial charge in [-0.15, -0.1) is 0 Å². The van der Waals surface area contributed by atoms with Crippen LogP contribution >= 0.6 is 0 Å². The van der Waals surface area contributed by atoms with Crippen LogP contribution in [0.2, 0.25) is 6.04 Å². The van der Waals surface area contributed by atoms with Crippen molar-refractivity contribution < 1.29 is 8.85 Å². The molecule has 0 unspecified atom stereocenters. The predicted molar refractivity (Wildman–Crippen MR) is 57.5 cm³/mol. The van der Waals surface area contributed by atoms with Gasteiger partial charge >= 0.3 is 8.72 Å². The Bertz CT molecular complexity index is 114. The summed E-state index contributed by atoms with van der Waals surface area (Å²) in [4.78, 5) is 0. The molecule has 0 aromatic carbocycles. The van der Waals surface area contributed by atoms with E-state index in [1.54, 1.807) is 0 Å². The van der Waals surface area contributed by atoms with Crippen LogP contribution in [-0.2, 0) is 8.85 Å². The fourth-order valence-electron chi connectivity index (χ4n) is 1.08. The van der Waals surface area contributed by atoms with E-state index in [0.717, 1.165) is 38.5 Å². The minimum atomic E-state index is -2.29. The summed E-state index contributed by atoms with van der Waals surface area (Å²) in [5.74, 6) is 0. The molecule has 0 atom stereocenters. The molecule has 80 valence electrons. The highest BCUT2D eigenvalue weighted by Gasteiger charge is 2.31. The van der Waals surface area contributed by atoms with Gasteiger partial charge in [-0.2, -0.15) is 0 Å². The number of hydrogen-bond acceptors (Lipinski definition) is 3. The van der Waals surface area contributed by atoms with Gasteiger partial charge in [-0.3, -0.25) is 0 Å². The van der Waals surface area contributed by atoms with Crippen molar-refractivity contribution in [3.05, 3.63) is 0 Å². The van der Waals surface area contributed by atoms with Crippen molar-refractivity contribution in [2.45, 2.75) is 46.1 Å². The van der Waals surface area contributed by atoms with Gasteiger partial charge in [0.25, 0.3) is 0 Å². The summed E-state index contributed by atoms with van der Waals surface area (Å²) in [5.41, 5.74) is 0. The Morgan fingerprint density at radius 2 is 1.38 bits per heavy atom. The minimum absolute atomic E-state index is 0.729. The monoisotopic (exact) mass is 205 g/mol. The molecule has 0 amide bonds. The summed E-state index contributed by atoms with van der Waals surface area (Å²) >= 11 is 0. The minimum Gasteiger partial charge on any atom is -0.383 e. The van der Waals surface area contributed by atoms with Gasteiger partial charge in [0.2, 0.25) is 0 Å². The van der Waals surface area contributed by atoms with Crippen molar-refractivity contribution in [3.8, 4) is 0 Å². The molecule has 0 aliphatic rings. The molecule has 4 heteroatoms. The van der Waals surface area contributed by atoms with E-state index in [9.17, 15) is 0 Å². The molecule has 0 saturated heterocycles. The summed E-state index contributed by atoms with van der Waals surface area (Å²) in [6.45, 7) is 7.74. The lowest BCUT2D eigenvalue weighted by atomic mass is 10.5. The van der Waals surface area contributed by atoms with Crippen molar-refractivity contribution in [2.24, 2.45) is 5.40 Å². The van der Waals surface area contributed by atoms with Crippen LogP contribution in [0.1, 0.15) is 40.0 Å². The zero-order chi connectivity index (χ0) is 10.2. The van der Waals surface area contributed by atoms with Gasteiger partial charge in [0.05, 0.1) is 0 Å². The Morgan fingerprint density at radius 1 is 0.923 bits per heavy atom. The van der Waals surface area contributed by atoms with Crippen LogP contribution in [-0.4, -0.2) is 21.9 Å². The SMILES string of the molecule is CCCO[Si](N)(CCC)OCCC. The lowest BCUT2D eigenvalue weighted by Crippen LogP contribution is -2.52. The van der Waals surface area contributed by atoms with E-state index in [1.807, 2.05) is 0 Å². The summed E-state index contributed by atoms with van der Waals surface area (Å²) < 4.78 is 11.2. The molecule has 0 aromatic rings. The smallest absolute Gasteiger partial charge is 0.383 e. The molecule has 0 rings (SSSR count). The topological polar surface area (TPSA) is 44.5 Å². The first-order valence-electron chi connectivity index (χ1n) is 5.25. The van der Waals surface area contributed by atoms with Crippen molar-refractivity contribution >= 4 is 8.72 Å². The molecule has 0 saturated carbocycles. The third kappa shape index (κ3) is 6.21. The first kappa shape index (κ1) is 13.1. The van der Waals surface area contributed by atoms with E-state index in [4.69, 9.17) is 14.3 Å². The van der Waals surface area contributed by atoms with Crippen LogP contribution in [0.15, 0.2) is 0 Å². The molecular formula is C9H23NO2Si. The van der Waals surface area contributed by atoms with Crippen LogP contribution in [0.25, 0.3) is 0 Å². The summed E-state index contributed by atoms with van der Waals surface area (Å²) in [5, 5.41) is 6.08. The molecule has 3 nitrogen and oxygen atoms in total. The highest BCUT2D eigenvalue weighted by atomic mass is 28.4. The highest BCUT2D eigenvalue weighted by molar-refractivity contribution is 6.63. The van der Waals surface area contributed by atoms with Crippen LogP contribution in [0.3, 0.4) is 0 Å². The fourth-order valence-corrected chi connectivity index (χ4v) is 3.25.